The molecular weight excluding hydrogens is 1470 g/mol. The Balaban J connectivity index is 5.58. The van der Waals surface area contributed by atoms with E-state index in [4.69, 9.17) is 37.0 Å². The standard InChI is InChI=1S/C91H176N4O16P2/c1-9-15-21-27-31-35-37-39-41-45-47-53-59-65-86(96)94-82(78-104-73-69-84(63-57-51-25-19-13-5)110-90(100)67-61-55-49-43-33-29-23-17-11-3)80-108-112(7,102)106-75-71-92-88(98)77-89(99)93-72-76-107-113(8,103)109-81-83(95-87(97)66-60-54-48-46-42-40-38-36-32-28-22-16-10-2)79-105-74-70-85(64-58-52-26-20-14-6)111-91(101)68-62-56-50-44-34-30-24-18-12-4/h43-44,49-50,82-85,90,100H,9-42,45-48,51-81H2,1-8H3,(H,92,98)(H,93,99)(H,94,96)(H,95,97)/b49-43-,50-44-. The van der Waals surface area contributed by atoms with Gasteiger partial charge in [-0.15, -0.1) is 0 Å². The molecular formula is C91H176N4O16P2. The van der Waals surface area contributed by atoms with Crippen molar-refractivity contribution in [2.75, 3.05) is 79.3 Å². The Bertz CT molecular complexity index is 2340. The van der Waals surface area contributed by atoms with Crippen LogP contribution in [-0.4, -0.2) is 145 Å². The maximum atomic E-state index is 13.7. The second-order valence-electron chi connectivity index (χ2n) is 32.1. The summed E-state index contributed by atoms with van der Waals surface area (Å²) in [6.45, 7) is 15.9. The second-order valence-corrected chi connectivity index (χ2v) is 36.2. The molecule has 7 unspecified atom stereocenters. The average Bonchev–Trinajstić information content (AvgIpc) is 0.911. The van der Waals surface area contributed by atoms with E-state index >= 15 is 0 Å². The van der Waals surface area contributed by atoms with E-state index in [0.29, 0.717) is 45.1 Å². The first-order chi connectivity index (χ1) is 54.9. The van der Waals surface area contributed by atoms with E-state index in [1.165, 1.54) is 193 Å². The molecule has 4 amide bonds. The van der Waals surface area contributed by atoms with Crippen LogP contribution < -0.4 is 21.3 Å². The molecule has 0 aliphatic rings. The molecule has 22 heteroatoms. The third-order valence-corrected chi connectivity index (χ3v) is 23.2. The van der Waals surface area contributed by atoms with Gasteiger partial charge in [0.1, 0.15) is 12.5 Å². The lowest BCUT2D eigenvalue weighted by Crippen LogP contribution is -2.41. The number of allylic oxidation sites excluding steroid dienone is 4. The van der Waals surface area contributed by atoms with Crippen molar-refractivity contribution in [1.29, 1.82) is 0 Å². The maximum Gasteiger partial charge on any atom is 0.327 e. The van der Waals surface area contributed by atoms with E-state index in [1.807, 2.05) is 0 Å². The number of rotatable bonds is 89. The lowest BCUT2D eigenvalue weighted by molar-refractivity contribution is -0.150. The predicted octanol–water partition coefficient (Wildman–Crippen LogP) is 23.8. The molecule has 5 N–H and O–H groups in total. The van der Waals surface area contributed by atoms with Gasteiger partial charge in [-0.3, -0.25) is 33.1 Å². The average molecular weight is 1640 g/mol. The summed E-state index contributed by atoms with van der Waals surface area (Å²) >= 11 is 0. The lowest BCUT2D eigenvalue weighted by Gasteiger charge is -2.24. The summed E-state index contributed by atoms with van der Waals surface area (Å²) in [4.78, 5) is 65.6. The zero-order chi connectivity index (χ0) is 82.9. The SMILES string of the molecule is CCCCCC/C=C\CCCC(=O)OC(CCCCCCC)CCOCC(COP(C)(=O)OCCNC(=O)CC(=O)NCCOP(C)(=O)OCC(COCCC(CCCCCCC)OC(O)CCC/C=C\CCCCCC)NC(=O)CCCCCCCCCCCCCCC)NC(=O)CCCCCCCCCCCCCCC. The molecule has 0 aliphatic heterocycles. The number of nitrogens with one attached hydrogen (secondary N) is 4. The summed E-state index contributed by atoms with van der Waals surface area (Å²) < 4.78 is 74.9. The van der Waals surface area contributed by atoms with E-state index in [-0.39, 0.29) is 89.3 Å². The summed E-state index contributed by atoms with van der Waals surface area (Å²) in [6.07, 6.45) is 68.8. The van der Waals surface area contributed by atoms with E-state index in [2.05, 4.69) is 87.1 Å². The minimum absolute atomic E-state index is 0.0686. The molecule has 0 rings (SSSR count). The van der Waals surface area contributed by atoms with Gasteiger partial charge in [-0.05, 0) is 96.3 Å². The van der Waals surface area contributed by atoms with Crippen molar-refractivity contribution in [3.05, 3.63) is 24.3 Å². The zero-order valence-corrected chi connectivity index (χ0v) is 75.7. The fourth-order valence-electron chi connectivity index (χ4n) is 13.6. The van der Waals surface area contributed by atoms with Gasteiger partial charge in [-0.2, -0.15) is 0 Å². The molecule has 0 radical (unpaired) electrons. The van der Waals surface area contributed by atoms with Gasteiger partial charge in [0.25, 0.3) is 0 Å². The molecule has 0 fully saturated rings. The largest absolute Gasteiger partial charge is 0.462 e. The Morgan fingerprint density at radius 1 is 0.327 bits per heavy atom. The van der Waals surface area contributed by atoms with Gasteiger partial charge in [-0.25, -0.2) is 0 Å². The van der Waals surface area contributed by atoms with Crippen molar-refractivity contribution >= 4 is 44.8 Å². The summed E-state index contributed by atoms with van der Waals surface area (Å²) in [5, 5.41) is 22.3. The molecule has 0 aromatic carbocycles. The Labute approximate surface area is 692 Å². The molecule has 666 valence electrons. The van der Waals surface area contributed by atoms with Crippen LogP contribution in [0.5, 0.6) is 0 Å². The van der Waals surface area contributed by atoms with E-state index in [0.717, 1.165) is 154 Å². The van der Waals surface area contributed by atoms with Crippen molar-refractivity contribution in [2.45, 2.75) is 451 Å². The number of carbonyl (C=O) groups is 5. The number of aliphatic hydroxyl groups is 1. The Morgan fingerprint density at radius 3 is 1.03 bits per heavy atom. The first-order valence-corrected chi connectivity index (χ1v) is 50.7. The predicted molar refractivity (Wildman–Crippen MR) is 468 cm³/mol. The van der Waals surface area contributed by atoms with Crippen molar-refractivity contribution in [3.63, 3.8) is 0 Å². The van der Waals surface area contributed by atoms with Gasteiger partial charge in [0, 0.05) is 58.7 Å². The highest BCUT2D eigenvalue weighted by atomic mass is 31.2. The molecule has 113 heavy (non-hydrogen) atoms. The quantitative estimate of drug-likeness (QED) is 0.00946. The topological polar surface area (TPSA) is 262 Å². The van der Waals surface area contributed by atoms with Gasteiger partial charge < -0.3 is 63.4 Å². The van der Waals surface area contributed by atoms with E-state index in [9.17, 15) is 38.2 Å². The van der Waals surface area contributed by atoms with Crippen molar-refractivity contribution in [1.82, 2.24) is 21.3 Å². The molecule has 0 aliphatic carbocycles. The minimum Gasteiger partial charge on any atom is -0.462 e. The number of unbranched alkanes of at least 4 members (excludes halogenated alkanes) is 42. The molecule has 0 bridgehead atoms. The fourth-order valence-corrected chi connectivity index (χ4v) is 15.5. The minimum atomic E-state index is -3.72. The monoisotopic (exact) mass is 1640 g/mol. The fraction of sp³-hybridized carbons (Fsp3) is 0.901. The maximum absolute atomic E-state index is 13.7. The van der Waals surface area contributed by atoms with Crippen molar-refractivity contribution in [2.24, 2.45) is 0 Å². The van der Waals surface area contributed by atoms with Crippen LogP contribution in [0, 0.1) is 0 Å². The summed E-state index contributed by atoms with van der Waals surface area (Å²) in [6, 6.07) is -1.29. The van der Waals surface area contributed by atoms with Crippen LogP contribution >= 0.6 is 15.2 Å². The Kier molecular flexibility index (Phi) is 80.4. The van der Waals surface area contributed by atoms with E-state index in [1.54, 1.807) is 0 Å². The molecule has 0 aromatic heterocycles. The highest BCUT2D eigenvalue weighted by Gasteiger charge is 2.25. The van der Waals surface area contributed by atoms with E-state index < -0.39 is 51.8 Å². The summed E-state index contributed by atoms with van der Waals surface area (Å²) in [5.41, 5.74) is 0. The number of amides is 4. The van der Waals surface area contributed by atoms with Crippen LogP contribution in [0.1, 0.15) is 420 Å². The van der Waals surface area contributed by atoms with Gasteiger partial charge in [0.05, 0.1) is 64.4 Å². The van der Waals surface area contributed by atoms with Crippen LogP contribution in [0.15, 0.2) is 24.3 Å². The van der Waals surface area contributed by atoms with Crippen LogP contribution in [0.2, 0.25) is 0 Å². The molecule has 0 aromatic rings. The van der Waals surface area contributed by atoms with Gasteiger partial charge >= 0.3 is 21.2 Å². The van der Waals surface area contributed by atoms with Crippen LogP contribution in [0.3, 0.4) is 0 Å². The van der Waals surface area contributed by atoms with Gasteiger partial charge in [0.2, 0.25) is 23.6 Å². The second kappa shape index (κ2) is 82.7. The highest BCUT2D eigenvalue weighted by Crippen LogP contribution is 2.44. The Morgan fingerprint density at radius 2 is 0.646 bits per heavy atom. The van der Waals surface area contributed by atoms with Crippen LogP contribution in [0.25, 0.3) is 0 Å². The first-order valence-electron chi connectivity index (χ1n) is 46.8. The van der Waals surface area contributed by atoms with Crippen molar-refractivity contribution < 1.29 is 75.3 Å². The number of ether oxygens (including phenoxy) is 4. The summed E-state index contributed by atoms with van der Waals surface area (Å²) in [7, 11) is -7.43. The van der Waals surface area contributed by atoms with Gasteiger partial charge in [0.15, 0.2) is 6.29 Å². The zero-order valence-electron chi connectivity index (χ0n) is 74.0. The third kappa shape index (κ3) is 79.8. The molecule has 0 saturated carbocycles. The number of aliphatic hydroxyl groups excluding tert-OH is 1. The first kappa shape index (κ1) is 110. The molecule has 0 heterocycles. The number of hydrogen-bond acceptors (Lipinski definition) is 16. The van der Waals surface area contributed by atoms with Gasteiger partial charge in [-0.1, -0.05) is 316 Å². The number of carbonyl (C=O) groups excluding carboxylic acids is 5. The highest BCUT2D eigenvalue weighted by molar-refractivity contribution is 7.53. The summed E-state index contributed by atoms with van der Waals surface area (Å²) in [5.74, 6) is -1.70. The van der Waals surface area contributed by atoms with Crippen LogP contribution in [0.4, 0.5) is 0 Å². The molecule has 20 nitrogen and oxygen atoms in total. The smallest absolute Gasteiger partial charge is 0.327 e. The normalized spacial score (nSPS) is 14.2. The van der Waals surface area contributed by atoms with Crippen molar-refractivity contribution in [3.8, 4) is 0 Å². The number of hydrogen-bond donors (Lipinski definition) is 5. The third-order valence-electron chi connectivity index (χ3n) is 20.7. The molecule has 0 saturated heterocycles. The number of esters is 1. The molecule has 0 spiro atoms. The Hall–Kier alpha value is -3.03. The molecule has 7 atom stereocenters. The van der Waals surface area contributed by atoms with Crippen LogP contribution in [-0.2, 0) is 70.1 Å². The lowest BCUT2D eigenvalue weighted by atomic mass is 10.0.